The highest BCUT2D eigenvalue weighted by Crippen LogP contribution is 2.25. The molecule has 86 valence electrons. The molecular weight excluding hydrogens is 204 g/mol. The SMILES string of the molecule is CCC(C#N)(CC)C(=O)NCc1ccoc1. The van der Waals surface area contributed by atoms with Gasteiger partial charge in [-0.1, -0.05) is 13.8 Å². The molecule has 0 aliphatic carbocycles. The lowest BCUT2D eigenvalue weighted by atomic mass is 9.83. The van der Waals surface area contributed by atoms with E-state index in [0.29, 0.717) is 19.4 Å². The summed E-state index contributed by atoms with van der Waals surface area (Å²) in [5.41, 5.74) is -0.00333. The number of amides is 1. The predicted octanol–water partition coefficient (Wildman–Crippen LogP) is 2.23. The standard InChI is InChI=1S/C12H16N2O2/c1-3-12(4-2,9-13)11(15)14-7-10-5-6-16-8-10/h5-6,8H,3-4,7H2,1-2H3,(H,14,15). The molecule has 0 atom stereocenters. The van der Waals surface area contributed by atoms with Crippen LogP contribution in [0.5, 0.6) is 0 Å². The minimum Gasteiger partial charge on any atom is -0.472 e. The topological polar surface area (TPSA) is 66.0 Å². The molecule has 0 spiro atoms. The molecule has 0 saturated heterocycles. The first-order valence-electron chi connectivity index (χ1n) is 5.39. The third-order valence-electron chi connectivity index (χ3n) is 2.89. The summed E-state index contributed by atoms with van der Waals surface area (Å²) in [4.78, 5) is 11.9. The van der Waals surface area contributed by atoms with Gasteiger partial charge in [0.15, 0.2) is 0 Å². The summed E-state index contributed by atoms with van der Waals surface area (Å²) in [5.74, 6) is -0.207. The molecule has 0 bridgehead atoms. The van der Waals surface area contributed by atoms with Gasteiger partial charge in [0.05, 0.1) is 18.6 Å². The molecule has 4 nitrogen and oxygen atoms in total. The van der Waals surface area contributed by atoms with E-state index in [1.54, 1.807) is 18.6 Å². The molecule has 0 unspecified atom stereocenters. The first kappa shape index (κ1) is 12.3. The van der Waals surface area contributed by atoms with Gasteiger partial charge in [-0.25, -0.2) is 0 Å². The van der Waals surface area contributed by atoms with Gasteiger partial charge in [-0.15, -0.1) is 0 Å². The molecule has 0 aliphatic rings. The van der Waals surface area contributed by atoms with Gasteiger partial charge in [-0.2, -0.15) is 5.26 Å². The summed E-state index contributed by atoms with van der Waals surface area (Å²) >= 11 is 0. The molecular formula is C12H16N2O2. The number of hydrogen-bond acceptors (Lipinski definition) is 3. The van der Waals surface area contributed by atoms with Crippen LogP contribution in [0.4, 0.5) is 0 Å². The van der Waals surface area contributed by atoms with Gasteiger partial charge in [0.25, 0.3) is 0 Å². The van der Waals surface area contributed by atoms with Crippen molar-refractivity contribution >= 4 is 5.91 Å². The normalized spacial score (nSPS) is 10.8. The molecule has 1 aromatic heterocycles. The van der Waals surface area contributed by atoms with Gasteiger partial charge in [-0.3, -0.25) is 4.79 Å². The number of nitriles is 1. The van der Waals surface area contributed by atoms with Gasteiger partial charge in [0, 0.05) is 12.1 Å². The van der Waals surface area contributed by atoms with Gasteiger partial charge >= 0.3 is 0 Å². The van der Waals surface area contributed by atoms with Crippen molar-refractivity contribution in [3.8, 4) is 6.07 Å². The molecule has 1 rings (SSSR count). The highest BCUT2D eigenvalue weighted by molar-refractivity contribution is 5.85. The fraction of sp³-hybridized carbons (Fsp3) is 0.500. The van der Waals surface area contributed by atoms with Crippen LogP contribution in [0.1, 0.15) is 32.3 Å². The Morgan fingerprint density at radius 2 is 2.25 bits per heavy atom. The van der Waals surface area contributed by atoms with Crippen LogP contribution in [0.15, 0.2) is 23.0 Å². The van der Waals surface area contributed by atoms with Crippen molar-refractivity contribution in [2.24, 2.45) is 5.41 Å². The highest BCUT2D eigenvalue weighted by atomic mass is 16.3. The molecule has 4 heteroatoms. The van der Waals surface area contributed by atoms with Crippen LogP contribution in [0.2, 0.25) is 0 Å². The summed E-state index contributed by atoms with van der Waals surface area (Å²) in [5, 5.41) is 11.8. The van der Waals surface area contributed by atoms with Crippen LogP contribution < -0.4 is 5.32 Å². The second kappa shape index (κ2) is 5.36. The number of rotatable bonds is 5. The van der Waals surface area contributed by atoms with Crippen LogP contribution in [-0.2, 0) is 11.3 Å². The third-order valence-corrected chi connectivity index (χ3v) is 2.89. The Kier molecular flexibility index (Phi) is 4.12. The number of hydrogen-bond donors (Lipinski definition) is 1. The zero-order valence-corrected chi connectivity index (χ0v) is 9.62. The quantitative estimate of drug-likeness (QED) is 0.827. The Morgan fingerprint density at radius 1 is 1.56 bits per heavy atom. The van der Waals surface area contributed by atoms with E-state index in [9.17, 15) is 4.79 Å². The molecule has 16 heavy (non-hydrogen) atoms. The molecule has 1 N–H and O–H groups in total. The number of carbonyl (C=O) groups excluding carboxylic acids is 1. The van der Waals surface area contributed by atoms with Crippen molar-refractivity contribution in [3.05, 3.63) is 24.2 Å². The maximum atomic E-state index is 11.9. The summed E-state index contributed by atoms with van der Waals surface area (Å²) < 4.78 is 4.90. The highest BCUT2D eigenvalue weighted by Gasteiger charge is 2.34. The Hall–Kier alpha value is -1.76. The van der Waals surface area contributed by atoms with Crippen molar-refractivity contribution in [2.75, 3.05) is 0 Å². The van der Waals surface area contributed by atoms with Crippen LogP contribution in [-0.4, -0.2) is 5.91 Å². The predicted molar refractivity (Wildman–Crippen MR) is 59.2 cm³/mol. The molecule has 0 aromatic carbocycles. The largest absolute Gasteiger partial charge is 0.472 e. The van der Waals surface area contributed by atoms with Gasteiger partial charge in [-0.05, 0) is 18.9 Å². The van der Waals surface area contributed by atoms with E-state index in [4.69, 9.17) is 9.68 Å². The minimum absolute atomic E-state index is 0.207. The Morgan fingerprint density at radius 3 is 2.69 bits per heavy atom. The van der Waals surface area contributed by atoms with Crippen molar-refractivity contribution in [3.63, 3.8) is 0 Å². The molecule has 0 fully saturated rings. The van der Waals surface area contributed by atoms with E-state index < -0.39 is 5.41 Å². The minimum atomic E-state index is -0.899. The average Bonchev–Trinajstić information content (AvgIpc) is 2.82. The van der Waals surface area contributed by atoms with Crippen LogP contribution in [0.3, 0.4) is 0 Å². The first-order chi connectivity index (χ1) is 7.68. The second-order valence-corrected chi connectivity index (χ2v) is 3.72. The van der Waals surface area contributed by atoms with E-state index >= 15 is 0 Å². The Bertz CT molecular complexity index is 372. The van der Waals surface area contributed by atoms with Crippen molar-refractivity contribution in [1.82, 2.24) is 5.32 Å². The lowest BCUT2D eigenvalue weighted by molar-refractivity contribution is -0.128. The summed E-state index contributed by atoms with van der Waals surface area (Å²) in [6.07, 6.45) is 4.18. The van der Waals surface area contributed by atoms with E-state index in [0.717, 1.165) is 5.56 Å². The van der Waals surface area contributed by atoms with E-state index in [1.807, 2.05) is 13.8 Å². The van der Waals surface area contributed by atoms with Crippen LogP contribution in [0, 0.1) is 16.7 Å². The monoisotopic (exact) mass is 220 g/mol. The summed E-state index contributed by atoms with van der Waals surface area (Å²) in [7, 11) is 0. The van der Waals surface area contributed by atoms with Gasteiger partial charge < -0.3 is 9.73 Å². The second-order valence-electron chi connectivity index (χ2n) is 3.72. The molecule has 1 heterocycles. The molecule has 0 radical (unpaired) electrons. The van der Waals surface area contributed by atoms with E-state index in [-0.39, 0.29) is 5.91 Å². The molecule has 0 saturated carbocycles. The van der Waals surface area contributed by atoms with Gasteiger partial charge in [0.1, 0.15) is 5.41 Å². The fourth-order valence-electron chi connectivity index (χ4n) is 1.52. The first-order valence-corrected chi connectivity index (χ1v) is 5.39. The summed E-state index contributed by atoms with van der Waals surface area (Å²) in [6.45, 7) is 4.10. The number of carbonyl (C=O) groups is 1. The third kappa shape index (κ3) is 2.43. The number of furan rings is 1. The number of nitrogens with one attached hydrogen (secondary N) is 1. The smallest absolute Gasteiger partial charge is 0.240 e. The van der Waals surface area contributed by atoms with E-state index in [1.165, 1.54) is 0 Å². The van der Waals surface area contributed by atoms with Crippen molar-refractivity contribution < 1.29 is 9.21 Å². The number of nitrogens with zero attached hydrogens (tertiary/aromatic N) is 1. The van der Waals surface area contributed by atoms with Crippen molar-refractivity contribution in [1.29, 1.82) is 5.26 Å². The van der Waals surface area contributed by atoms with Gasteiger partial charge in [0.2, 0.25) is 5.91 Å². The molecule has 1 aromatic rings. The Balaban J connectivity index is 2.61. The lowest BCUT2D eigenvalue weighted by Gasteiger charge is -2.21. The average molecular weight is 220 g/mol. The molecule has 1 amide bonds. The lowest BCUT2D eigenvalue weighted by Crippen LogP contribution is -2.38. The maximum Gasteiger partial charge on any atom is 0.240 e. The van der Waals surface area contributed by atoms with Crippen molar-refractivity contribution in [2.45, 2.75) is 33.2 Å². The fourth-order valence-corrected chi connectivity index (χ4v) is 1.52. The molecule has 0 aliphatic heterocycles. The van der Waals surface area contributed by atoms with E-state index in [2.05, 4.69) is 11.4 Å². The van der Waals surface area contributed by atoms with Crippen LogP contribution in [0.25, 0.3) is 0 Å². The Labute approximate surface area is 95.2 Å². The zero-order valence-electron chi connectivity index (χ0n) is 9.62. The maximum absolute atomic E-state index is 11.9. The zero-order chi connectivity index (χ0) is 12.0. The van der Waals surface area contributed by atoms with Crippen LogP contribution >= 0.6 is 0 Å². The summed E-state index contributed by atoms with van der Waals surface area (Å²) in [6, 6.07) is 3.89.